The Morgan fingerprint density at radius 2 is 1.45 bits per heavy atom. The molecule has 0 bridgehead atoms. The standard InChI is InChI=1S/C21H24N2O7S/c1-13-6-7-18(8-14(13)2)31(27,28)23(3)12-19(24)22-17-10-15(20(25)29-4)9-16(11-17)21(26)30-5/h6-11H,12H2,1-5H3,(H,22,24). The maximum absolute atomic E-state index is 12.8. The number of hydrogen-bond acceptors (Lipinski definition) is 7. The number of sulfonamides is 1. The molecule has 31 heavy (non-hydrogen) atoms. The van der Waals surface area contributed by atoms with Crippen molar-refractivity contribution in [2.24, 2.45) is 0 Å². The Morgan fingerprint density at radius 1 is 0.903 bits per heavy atom. The molecule has 0 unspecified atom stereocenters. The van der Waals surface area contributed by atoms with Gasteiger partial charge in [-0.05, 0) is 55.3 Å². The van der Waals surface area contributed by atoms with E-state index in [4.69, 9.17) is 0 Å². The second-order valence-electron chi connectivity index (χ2n) is 6.84. The average Bonchev–Trinajstić information content (AvgIpc) is 2.73. The first-order chi connectivity index (χ1) is 14.5. The number of likely N-dealkylation sites (N-methyl/N-ethyl adjacent to an activating group) is 1. The van der Waals surface area contributed by atoms with Gasteiger partial charge in [0.1, 0.15) is 0 Å². The molecule has 0 fully saturated rings. The van der Waals surface area contributed by atoms with Gasteiger partial charge in [-0.1, -0.05) is 6.07 Å². The number of hydrogen-bond donors (Lipinski definition) is 1. The third-order valence-electron chi connectivity index (χ3n) is 4.61. The fraction of sp³-hybridized carbons (Fsp3) is 0.286. The van der Waals surface area contributed by atoms with Crippen LogP contribution >= 0.6 is 0 Å². The summed E-state index contributed by atoms with van der Waals surface area (Å²) in [6.45, 7) is 3.19. The quantitative estimate of drug-likeness (QED) is 0.645. The molecule has 2 aromatic carbocycles. The summed E-state index contributed by atoms with van der Waals surface area (Å²) in [6, 6.07) is 8.62. The maximum atomic E-state index is 12.8. The first-order valence-corrected chi connectivity index (χ1v) is 10.6. The van der Waals surface area contributed by atoms with Crippen molar-refractivity contribution in [2.45, 2.75) is 18.7 Å². The molecule has 0 aliphatic heterocycles. The van der Waals surface area contributed by atoms with Crippen LogP contribution in [0.1, 0.15) is 31.8 Å². The third kappa shape index (κ3) is 5.68. The summed E-state index contributed by atoms with van der Waals surface area (Å²) < 4.78 is 35.8. The number of benzene rings is 2. The average molecular weight is 448 g/mol. The zero-order valence-electron chi connectivity index (χ0n) is 17.9. The number of methoxy groups -OCH3 is 2. The number of nitrogens with zero attached hydrogens (tertiary/aromatic N) is 1. The van der Waals surface area contributed by atoms with Crippen LogP contribution in [-0.2, 0) is 24.3 Å². The van der Waals surface area contributed by atoms with E-state index in [1.165, 1.54) is 45.5 Å². The normalized spacial score (nSPS) is 11.2. The van der Waals surface area contributed by atoms with Crippen LogP contribution in [0, 0.1) is 13.8 Å². The van der Waals surface area contributed by atoms with Crippen LogP contribution in [0.15, 0.2) is 41.3 Å². The molecule has 166 valence electrons. The van der Waals surface area contributed by atoms with E-state index in [9.17, 15) is 22.8 Å². The van der Waals surface area contributed by atoms with Crippen LogP contribution in [0.5, 0.6) is 0 Å². The van der Waals surface area contributed by atoms with Gasteiger partial charge in [0.25, 0.3) is 0 Å². The maximum Gasteiger partial charge on any atom is 0.337 e. The van der Waals surface area contributed by atoms with Crippen LogP contribution < -0.4 is 5.32 Å². The van der Waals surface area contributed by atoms with E-state index in [-0.39, 0.29) is 21.7 Å². The molecular weight excluding hydrogens is 424 g/mol. The zero-order chi connectivity index (χ0) is 23.3. The van der Waals surface area contributed by atoms with Gasteiger partial charge in [0.05, 0.1) is 36.8 Å². The SMILES string of the molecule is COC(=O)c1cc(NC(=O)CN(C)S(=O)(=O)c2ccc(C)c(C)c2)cc(C(=O)OC)c1. The Morgan fingerprint density at radius 3 is 1.94 bits per heavy atom. The number of esters is 2. The summed E-state index contributed by atoms with van der Waals surface area (Å²) in [5.74, 6) is -2.08. The predicted octanol–water partition coefficient (Wildman–Crippen LogP) is 2.14. The van der Waals surface area contributed by atoms with Gasteiger partial charge in [-0.15, -0.1) is 0 Å². The van der Waals surface area contributed by atoms with Gasteiger partial charge in [-0.25, -0.2) is 18.0 Å². The molecule has 0 atom stereocenters. The molecule has 0 heterocycles. The third-order valence-corrected chi connectivity index (χ3v) is 6.41. The minimum Gasteiger partial charge on any atom is -0.465 e. The summed E-state index contributed by atoms with van der Waals surface area (Å²) in [6.07, 6.45) is 0. The molecule has 2 rings (SSSR count). The molecule has 0 radical (unpaired) electrons. The summed E-state index contributed by atoms with van der Waals surface area (Å²) >= 11 is 0. The fourth-order valence-electron chi connectivity index (χ4n) is 2.71. The minimum atomic E-state index is -3.89. The highest BCUT2D eigenvalue weighted by atomic mass is 32.2. The highest BCUT2D eigenvalue weighted by Crippen LogP contribution is 2.20. The van der Waals surface area contributed by atoms with Crippen molar-refractivity contribution in [1.29, 1.82) is 0 Å². The highest BCUT2D eigenvalue weighted by molar-refractivity contribution is 7.89. The largest absolute Gasteiger partial charge is 0.465 e. The minimum absolute atomic E-state index is 0.0248. The van der Waals surface area contributed by atoms with E-state index in [1.807, 2.05) is 6.92 Å². The molecule has 10 heteroatoms. The lowest BCUT2D eigenvalue weighted by atomic mass is 10.1. The van der Waals surface area contributed by atoms with E-state index in [0.717, 1.165) is 15.4 Å². The Hall–Kier alpha value is -3.24. The lowest BCUT2D eigenvalue weighted by Crippen LogP contribution is -2.35. The number of nitrogens with one attached hydrogen (secondary N) is 1. The van der Waals surface area contributed by atoms with E-state index >= 15 is 0 Å². The Labute approximate surface area is 181 Å². The van der Waals surface area contributed by atoms with Crippen LogP contribution in [0.4, 0.5) is 5.69 Å². The van der Waals surface area contributed by atoms with Gasteiger partial charge in [0.15, 0.2) is 0 Å². The highest BCUT2D eigenvalue weighted by Gasteiger charge is 2.24. The summed E-state index contributed by atoms with van der Waals surface area (Å²) in [7, 11) is -0.249. The van der Waals surface area contributed by atoms with Gasteiger partial charge in [-0.3, -0.25) is 4.79 Å². The molecule has 0 saturated carbocycles. The summed E-state index contributed by atoms with van der Waals surface area (Å²) in [4.78, 5) is 36.3. The number of anilines is 1. The van der Waals surface area contributed by atoms with Crippen LogP contribution in [0.25, 0.3) is 0 Å². The molecule has 1 N–H and O–H groups in total. The molecule has 0 aliphatic rings. The van der Waals surface area contributed by atoms with Gasteiger partial charge in [0, 0.05) is 12.7 Å². The molecular formula is C21H24N2O7S. The van der Waals surface area contributed by atoms with Crippen LogP contribution in [0.3, 0.4) is 0 Å². The van der Waals surface area contributed by atoms with Gasteiger partial charge in [0.2, 0.25) is 15.9 Å². The number of aryl methyl sites for hydroxylation is 2. The molecule has 9 nitrogen and oxygen atoms in total. The van der Waals surface area contributed by atoms with E-state index < -0.39 is 34.4 Å². The smallest absolute Gasteiger partial charge is 0.337 e. The molecule has 0 aromatic heterocycles. The lowest BCUT2D eigenvalue weighted by Gasteiger charge is -2.18. The topological polar surface area (TPSA) is 119 Å². The van der Waals surface area contributed by atoms with Crippen molar-refractivity contribution in [3.05, 3.63) is 58.7 Å². The Kier molecular flexibility index (Phi) is 7.53. The van der Waals surface area contributed by atoms with Crippen LogP contribution in [0.2, 0.25) is 0 Å². The predicted molar refractivity (Wildman–Crippen MR) is 113 cm³/mol. The monoisotopic (exact) mass is 448 g/mol. The number of ether oxygens (including phenoxy) is 2. The van der Waals surface area contributed by atoms with Crippen molar-refractivity contribution < 1.29 is 32.3 Å². The molecule has 0 saturated heterocycles. The van der Waals surface area contributed by atoms with Crippen molar-refractivity contribution in [3.8, 4) is 0 Å². The first-order valence-electron chi connectivity index (χ1n) is 9.14. The summed E-state index contributed by atoms with van der Waals surface area (Å²) in [5.41, 5.74) is 1.93. The summed E-state index contributed by atoms with van der Waals surface area (Å²) in [5, 5.41) is 2.50. The van der Waals surface area contributed by atoms with Crippen molar-refractivity contribution in [2.75, 3.05) is 33.1 Å². The zero-order valence-corrected chi connectivity index (χ0v) is 18.7. The molecule has 1 amide bonds. The van der Waals surface area contributed by atoms with E-state index in [0.29, 0.717) is 0 Å². The Balaban J connectivity index is 2.23. The number of amides is 1. The number of rotatable bonds is 7. The lowest BCUT2D eigenvalue weighted by molar-refractivity contribution is -0.116. The van der Waals surface area contributed by atoms with Crippen molar-refractivity contribution in [3.63, 3.8) is 0 Å². The first kappa shape index (κ1) is 24.0. The van der Waals surface area contributed by atoms with Gasteiger partial charge in [-0.2, -0.15) is 4.31 Å². The number of carbonyl (C=O) groups is 3. The number of carbonyl (C=O) groups excluding carboxylic acids is 3. The molecule has 0 aliphatic carbocycles. The molecule has 0 spiro atoms. The van der Waals surface area contributed by atoms with Crippen molar-refractivity contribution in [1.82, 2.24) is 4.31 Å². The van der Waals surface area contributed by atoms with E-state index in [1.54, 1.807) is 19.1 Å². The second kappa shape index (κ2) is 9.71. The van der Waals surface area contributed by atoms with E-state index in [2.05, 4.69) is 14.8 Å². The van der Waals surface area contributed by atoms with Gasteiger partial charge < -0.3 is 14.8 Å². The molecule has 2 aromatic rings. The second-order valence-corrected chi connectivity index (χ2v) is 8.88. The van der Waals surface area contributed by atoms with Crippen LogP contribution in [-0.4, -0.2) is 58.4 Å². The van der Waals surface area contributed by atoms with Crippen molar-refractivity contribution >= 4 is 33.6 Å². The van der Waals surface area contributed by atoms with Gasteiger partial charge >= 0.3 is 11.9 Å². The fourth-order valence-corrected chi connectivity index (χ4v) is 3.93. The Bertz CT molecular complexity index is 1090.